The molecule has 0 bridgehead atoms. The lowest BCUT2D eigenvalue weighted by Gasteiger charge is -2.07. The van der Waals surface area contributed by atoms with Gasteiger partial charge in [-0.1, -0.05) is 24.3 Å². The van der Waals surface area contributed by atoms with Crippen LogP contribution in [0.2, 0.25) is 0 Å². The average Bonchev–Trinajstić information content (AvgIpc) is 2.51. The maximum Gasteiger partial charge on any atom is 0.248 e. The van der Waals surface area contributed by atoms with Crippen LogP contribution in [0, 0.1) is 13.8 Å². The standard InChI is InChI=1S/C19H21NO2/c1-4-22-17-10-7-16(8-11-17)9-12-19(21)20-18-13-14(2)5-6-15(18)3/h5-13H,4H2,1-3H3,(H,20,21). The number of carbonyl (C=O) groups excluding carboxylic acids is 1. The highest BCUT2D eigenvalue weighted by atomic mass is 16.5. The van der Waals surface area contributed by atoms with Gasteiger partial charge in [-0.2, -0.15) is 0 Å². The number of hydrogen-bond acceptors (Lipinski definition) is 2. The van der Waals surface area contributed by atoms with Crippen LogP contribution in [0.15, 0.2) is 48.5 Å². The molecule has 0 spiro atoms. The first-order chi connectivity index (χ1) is 10.6. The van der Waals surface area contributed by atoms with Crippen molar-refractivity contribution in [2.45, 2.75) is 20.8 Å². The van der Waals surface area contributed by atoms with Gasteiger partial charge in [-0.15, -0.1) is 0 Å². The third-order valence-corrected chi connectivity index (χ3v) is 3.27. The molecule has 2 aromatic rings. The predicted molar refractivity (Wildman–Crippen MR) is 91.2 cm³/mol. The van der Waals surface area contributed by atoms with Crippen molar-refractivity contribution >= 4 is 17.7 Å². The summed E-state index contributed by atoms with van der Waals surface area (Å²) in [4.78, 5) is 12.0. The summed E-state index contributed by atoms with van der Waals surface area (Å²) in [5.41, 5.74) is 3.98. The van der Waals surface area contributed by atoms with Gasteiger partial charge in [0, 0.05) is 11.8 Å². The fourth-order valence-electron chi connectivity index (χ4n) is 2.06. The molecule has 0 saturated carbocycles. The van der Waals surface area contributed by atoms with Gasteiger partial charge < -0.3 is 10.1 Å². The fourth-order valence-corrected chi connectivity index (χ4v) is 2.06. The van der Waals surface area contributed by atoms with E-state index in [4.69, 9.17) is 4.74 Å². The first kappa shape index (κ1) is 15.8. The fraction of sp³-hybridized carbons (Fsp3) is 0.211. The van der Waals surface area contributed by atoms with E-state index in [1.807, 2.05) is 63.2 Å². The van der Waals surface area contributed by atoms with Crippen LogP contribution in [0.25, 0.3) is 6.08 Å². The lowest BCUT2D eigenvalue weighted by atomic mass is 10.1. The Kier molecular flexibility index (Phi) is 5.37. The maximum atomic E-state index is 12.0. The number of hydrogen-bond donors (Lipinski definition) is 1. The van der Waals surface area contributed by atoms with Gasteiger partial charge in [0.05, 0.1) is 6.61 Å². The zero-order valence-corrected chi connectivity index (χ0v) is 13.2. The first-order valence-corrected chi connectivity index (χ1v) is 7.37. The molecule has 0 atom stereocenters. The van der Waals surface area contributed by atoms with Crippen LogP contribution in [-0.2, 0) is 4.79 Å². The molecule has 3 heteroatoms. The Morgan fingerprint density at radius 2 is 1.86 bits per heavy atom. The van der Waals surface area contributed by atoms with E-state index in [0.717, 1.165) is 28.1 Å². The number of carbonyl (C=O) groups is 1. The van der Waals surface area contributed by atoms with Gasteiger partial charge in [0.2, 0.25) is 5.91 Å². The Bertz CT molecular complexity index is 672. The minimum Gasteiger partial charge on any atom is -0.494 e. The number of nitrogens with one attached hydrogen (secondary N) is 1. The minimum atomic E-state index is -0.136. The zero-order chi connectivity index (χ0) is 15.9. The lowest BCUT2D eigenvalue weighted by molar-refractivity contribution is -0.111. The molecule has 2 aromatic carbocycles. The molecular formula is C19H21NO2. The van der Waals surface area contributed by atoms with Gasteiger partial charge in [-0.05, 0) is 61.7 Å². The highest BCUT2D eigenvalue weighted by Gasteiger charge is 2.02. The van der Waals surface area contributed by atoms with E-state index in [2.05, 4.69) is 5.32 Å². The minimum absolute atomic E-state index is 0.136. The van der Waals surface area contributed by atoms with E-state index in [9.17, 15) is 4.79 Å². The van der Waals surface area contributed by atoms with Gasteiger partial charge >= 0.3 is 0 Å². The summed E-state index contributed by atoms with van der Waals surface area (Å²) < 4.78 is 5.39. The number of ether oxygens (including phenoxy) is 1. The summed E-state index contributed by atoms with van der Waals surface area (Å²) >= 11 is 0. The molecule has 22 heavy (non-hydrogen) atoms. The monoisotopic (exact) mass is 295 g/mol. The normalized spacial score (nSPS) is 10.7. The van der Waals surface area contributed by atoms with Crippen molar-refractivity contribution in [1.29, 1.82) is 0 Å². The van der Waals surface area contributed by atoms with Crippen molar-refractivity contribution < 1.29 is 9.53 Å². The van der Waals surface area contributed by atoms with E-state index in [1.54, 1.807) is 6.08 Å². The highest BCUT2D eigenvalue weighted by Crippen LogP contribution is 2.17. The molecule has 0 saturated heterocycles. The summed E-state index contributed by atoms with van der Waals surface area (Å²) in [6.07, 6.45) is 3.33. The molecule has 2 rings (SSSR count). The molecule has 0 fully saturated rings. The Balaban J connectivity index is 2.00. The third-order valence-electron chi connectivity index (χ3n) is 3.27. The van der Waals surface area contributed by atoms with Crippen molar-refractivity contribution in [2.75, 3.05) is 11.9 Å². The topological polar surface area (TPSA) is 38.3 Å². The number of amides is 1. The van der Waals surface area contributed by atoms with Crippen molar-refractivity contribution in [3.05, 3.63) is 65.2 Å². The summed E-state index contributed by atoms with van der Waals surface area (Å²) in [5.74, 6) is 0.696. The molecule has 0 unspecified atom stereocenters. The van der Waals surface area contributed by atoms with Gasteiger partial charge in [0.1, 0.15) is 5.75 Å². The second-order valence-electron chi connectivity index (χ2n) is 5.14. The molecule has 0 radical (unpaired) electrons. The Morgan fingerprint density at radius 1 is 1.14 bits per heavy atom. The molecule has 0 aliphatic carbocycles. The van der Waals surface area contributed by atoms with Crippen LogP contribution >= 0.6 is 0 Å². The van der Waals surface area contributed by atoms with E-state index in [0.29, 0.717) is 6.61 Å². The number of benzene rings is 2. The van der Waals surface area contributed by atoms with Crippen LogP contribution in [0.3, 0.4) is 0 Å². The quantitative estimate of drug-likeness (QED) is 0.833. The van der Waals surface area contributed by atoms with Crippen molar-refractivity contribution in [3.8, 4) is 5.75 Å². The SMILES string of the molecule is CCOc1ccc(C=CC(=O)Nc2cc(C)ccc2C)cc1. The second kappa shape index (κ2) is 7.46. The summed E-state index contributed by atoms with van der Waals surface area (Å²) in [5, 5.41) is 2.90. The number of anilines is 1. The molecule has 1 N–H and O–H groups in total. The van der Waals surface area contributed by atoms with Crippen molar-refractivity contribution in [3.63, 3.8) is 0 Å². The number of rotatable bonds is 5. The van der Waals surface area contributed by atoms with Gasteiger partial charge in [0.25, 0.3) is 0 Å². The van der Waals surface area contributed by atoms with Crippen LogP contribution in [0.4, 0.5) is 5.69 Å². The van der Waals surface area contributed by atoms with E-state index in [-0.39, 0.29) is 5.91 Å². The summed E-state index contributed by atoms with van der Waals surface area (Å²) in [6.45, 7) is 6.58. The van der Waals surface area contributed by atoms with Crippen LogP contribution < -0.4 is 10.1 Å². The third kappa shape index (κ3) is 4.48. The smallest absolute Gasteiger partial charge is 0.248 e. The Hall–Kier alpha value is -2.55. The van der Waals surface area contributed by atoms with Crippen LogP contribution in [0.5, 0.6) is 5.75 Å². The van der Waals surface area contributed by atoms with Crippen LogP contribution in [0.1, 0.15) is 23.6 Å². The first-order valence-electron chi connectivity index (χ1n) is 7.37. The van der Waals surface area contributed by atoms with Crippen LogP contribution in [-0.4, -0.2) is 12.5 Å². The molecule has 3 nitrogen and oxygen atoms in total. The molecular weight excluding hydrogens is 274 g/mol. The molecule has 0 heterocycles. The van der Waals surface area contributed by atoms with Gasteiger partial charge in [0.15, 0.2) is 0 Å². The van der Waals surface area contributed by atoms with Crippen molar-refractivity contribution in [2.24, 2.45) is 0 Å². The van der Waals surface area contributed by atoms with Crippen molar-refractivity contribution in [1.82, 2.24) is 0 Å². The second-order valence-corrected chi connectivity index (χ2v) is 5.14. The number of aryl methyl sites for hydroxylation is 2. The lowest BCUT2D eigenvalue weighted by Crippen LogP contribution is -2.09. The molecule has 1 amide bonds. The Morgan fingerprint density at radius 3 is 2.55 bits per heavy atom. The average molecular weight is 295 g/mol. The zero-order valence-electron chi connectivity index (χ0n) is 13.2. The molecule has 0 aromatic heterocycles. The molecule has 0 aliphatic rings. The molecule has 114 valence electrons. The van der Waals surface area contributed by atoms with Gasteiger partial charge in [-0.25, -0.2) is 0 Å². The van der Waals surface area contributed by atoms with E-state index in [1.165, 1.54) is 6.08 Å². The highest BCUT2D eigenvalue weighted by molar-refractivity contribution is 6.02. The van der Waals surface area contributed by atoms with Gasteiger partial charge in [-0.3, -0.25) is 4.79 Å². The summed E-state index contributed by atoms with van der Waals surface area (Å²) in [7, 11) is 0. The maximum absolute atomic E-state index is 12.0. The van der Waals surface area contributed by atoms with E-state index >= 15 is 0 Å². The van der Waals surface area contributed by atoms with E-state index < -0.39 is 0 Å². The summed E-state index contributed by atoms with van der Waals surface area (Å²) in [6, 6.07) is 13.6. The Labute approximate surface area is 131 Å². The predicted octanol–water partition coefficient (Wildman–Crippen LogP) is 4.35. The largest absolute Gasteiger partial charge is 0.494 e. The molecule has 0 aliphatic heterocycles.